The van der Waals surface area contributed by atoms with E-state index < -0.39 is 5.41 Å². The third-order valence-electron chi connectivity index (χ3n) is 6.67. The van der Waals surface area contributed by atoms with Crippen LogP contribution in [0, 0.1) is 0 Å². The minimum atomic E-state index is -0.845. The van der Waals surface area contributed by atoms with Crippen LogP contribution in [0.3, 0.4) is 0 Å². The van der Waals surface area contributed by atoms with Crippen molar-refractivity contribution in [2.75, 3.05) is 19.6 Å². The van der Waals surface area contributed by atoms with Crippen LogP contribution in [0.15, 0.2) is 84.9 Å². The van der Waals surface area contributed by atoms with Crippen molar-refractivity contribution in [3.63, 3.8) is 0 Å². The lowest BCUT2D eigenvalue weighted by molar-refractivity contribution is -0.122. The summed E-state index contributed by atoms with van der Waals surface area (Å²) in [4.78, 5) is 15.4. The average Bonchev–Trinajstić information content (AvgIpc) is 2.85. The molecule has 0 bridgehead atoms. The number of carbonyl (C=O) groups excluding carboxylic acids is 1. The molecule has 0 radical (unpaired) electrons. The van der Waals surface area contributed by atoms with Gasteiger partial charge in [-0.1, -0.05) is 84.4 Å². The maximum atomic E-state index is 13.0. The fraction of sp³-hybridized carbons (Fsp3) is 0.321. The van der Waals surface area contributed by atoms with E-state index in [4.69, 9.17) is 22.1 Å². The first-order chi connectivity index (χ1) is 16.1. The minimum Gasteiger partial charge on any atom is -0.373 e. The molecule has 0 aliphatic carbocycles. The molecule has 3 aromatic carbocycles. The molecule has 0 atom stereocenters. The van der Waals surface area contributed by atoms with Gasteiger partial charge in [-0.3, -0.25) is 4.79 Å². The SMILES string of the molecule is NC(=O)C(CCN1CCC(OCc2cccc(Cl)c2)CC1)(c1ccccc1)c1ccccc1. The normalized spacial score (nSPS) is 15.4. The lowest BCUT2D eigenvalue weighted by atomic mass is 9.71. The van der Waals surface area contributed by atoms with Crippen molar-refractivity contribution in [2.24, 2.45) is 5.73 Å². The molecule has 2 N–H and O–H groups in total. The molecule has 5 heteroatoms. The van der Waals surface area contributed by atoms with Gasteiger partial charge in [0.1, 0.15) is 0 Å². The number of benzene rings is 3. The summed E-state index contributed by atoms with van der Waals surface area (Å²) in [5, 5.41) is 0.737. The van der Waals surface area contributed by atoms with Crippen molar-refractivity contribution in [1.29, 1.82) is 0 Å². The molecule has 4 nitrogen and oxygen atoms in total. The Balaban J connectivity index is 1.39. The molecule has 4 rings (SSSR count). The van der Waals surface area contributed by atoms with Crippen molar-refractivity contribution in [3.8, 4) is 0 Å². The first-order valence-electron chi connectivity index (χ1n) is 11.6. The second-order valence-electron chi connectivity index (χ2n) is 8.73. The molecule has 33 heavy (non-hydrogen) atoms. The van der Waals surface area contributed by atoms with Gasteiger partial charge in [-0.2, -0.15) is 0 Å². The van der Waals surface area contributed by atoms with Crippen LogP contribution in [-0.2, 0) is 21.6 Å². The molecule has 3 aromatic rings. The van der Waals surface area contributed by atoms with Crippen LogP contribution in [-0.4, -0.2) is 36.5 Å². The first kappa shape index (κ1) is 23.5. The molecule has 1 amide bonds. The second kappa shape index (κ2) is 11.0. The van der Waals surface area contributed by atoms with Crippen LogP contribution in [0.25, 0.3) is 0 Å². The third kappa shape index (κ3) is 5.64. The van der Waals surface area contributed by atoms with E-state index in [0.717, 1.165) is 54.2 Å². The molecule has 172 valence electrons. The molecular formula is C28H31ClN2O2. The number of piperidine rings is 1. The molecule has 0 spiro atoms. The van der Waals surface area contributed by atoms with Gasteiger partial charge in [0.25, 0.3) is 0 Å². The van der Waals surface area contributed by atoms with Crippen molar-refractivity contribution < 1.29 is 9.53 Å². The number of rotatable bonds is 9. The van der Waals surface area contributed by atoms with Gasteiger partial charge in [0.15, 0.2) is 0 Å². The van der Waals surface area contributed by atoms with E-state index in [2.05, 4.69) is 4.90 Å². The molecular weight excluding hydrogens is 432 g/mol. The summed E-state index contributed by atoms with van der Waals surface area (Å²) in [6.07, 6.45) is 2.83. The van der Waals surface area contributed by atoms with Crippen LogP contribution in [0.5, 0.6) is 0 Å². The topological polar surface area (TPSA) is 55.6 Å². The number of likely N-dealkylation sites (tertiary alicyclic amines) is 1. The van der Waals surface area contributed by atoms with Gasteiger partial charge in [-0.15, -0.1) is 0 Å². The fourth-order valence-corrected chi connectivity index (χ4v) is 4.99. The summed E-state index contributed by atoms with van der Waals surface area (Å²) in [7, 11) is 0. The molecule has 0 unspecified atom stereocenters. The number of hydrogen-bond acceptors (Lipinski definition) is 3. The van der Waals surface area contributed by atoms with Gasteiger partial charge in [-0.25, -0.2) is 0 Å². The Bertz CT molecular complexity index is 995. The second-order valence-corrected chi connectivity index (χ2v) is 9.17. The van der Waals surface area contributed by atoms with Crippen molar-refractivity contribution in [3.05, 3.63) is 107 Å². The van der Waals surface area contributed by atoms with E-state index in [1.807, 2.05) is 84.9 Å². The third-order valence-corrected chi connectivity index (χ3v) is 6.90. The lowest BCUT2D eigenvalue weighted by Crippen LogP contribution is -2.46. The Kier molecular flexibility index (Phi) is 7.81. The van der Waals surface area contributed by atoms with Crippen LogP contribution in [0.4, 0.5) is 0 Å². The maximum absolute atomic E-state index is 13.0. The summed E-state index contributed by atoms with van der Waals surface area (Å²) in [6, 6.07) is 27.7. The van der Waals surface area contributed by atoms with Gasteiger partial charge in [-0.05, 0) is 54.6 Å². The van der Waals surface area contributed by atoms with Gasteiger partial charge < -0.3 is 15.4 Å². The summed E-state index contributed by atoms with van der Waals surface area (Å²) in [5.41, 5.74) is 8.24. The largest absolute Gasteiger partial charge is 0.373 e. The van der Waals surface area contributed by atoms with Crippen LogP contribution >= 0.6 is 11.6 Å². The maximum Gasteiger partial charge on any atom is 0.232 e. The smallest absolute Gasteiger partial charge is 0.232 e. The molecule has 1 aliphatic rings. The monoisotopic (exact) mass is 462 g/mol. The first-order valence-corrected chi connectivity index (χ1v) is 11.9. The highest BCUT2D eigenvalue weighted by Crippen LogP contribution is 2.36. The lowest BCUT2D eigenvalue weighted by Gasteiger charge is -2.37. The zero-order chi connectivity index (χ0) is 23.1. The number of primary amides is 1. The number of nitrogens with two attached hydrogens (primary N) is 1. The van der Waals surface area contributed by atoms with E-state index in [1.165, 1.54) is 0 Å². The van der Waals surface area contributed by atoms with Crippen molar-refractivity contribution in [1.82, 2.24) is 4.90 Å². The van der Waals surface area contributed by atoms with Gasteiger partial charge in [0.2, 0.25) is 5.91 Å². The summed E-state index contributed by atoms with van der Waals surface area (Å²) >= 11 is 6.07. The Morgan fingerprint density at radius 3 is 2.09 bits per heavy atom. The predicted molar refractivity (Wildman–Crippen MR) is 133 cm³/mol. The zero-order valence-corrected chi connectivity index (χ0v) is 19.6. The van der Waals surface area contributed by atoms with Crippen LogP contribution in [0.2, 0.25) is 5.02 Å². The zero-order valence-electron chi connectivity index (χ0n) is 18.8. The van der Waals surface area contributed by atoms with Crippen LogP contribution < -0.4 is 5.73 Å². The van der Waals surface area contributed by atoms with Gasteiger partial charge in [0.05, 0.1) is 18.1 Å². The Labute approximate surface area is 201 Å². The molecule has 1 heterocycles. The highest BCUT2D eigenvalue weighted by atomic mass is 35.5. The molecule has 1 aliphatic heterocycles. The molecule has 1 saturated heterocycles. The van der Waals surface area contributed by atoms with Crippen molar-refractivity contribution in [2.45, 2.75) is 37.4 Å². The standard InChI is InChI=1S/C28H31ClN2O2/c29-25-13-7-8-22(20-25)21-33-26-14-17-31(18-15-26)19-16-28(27(30)32,23-9-3-1-4-10-23)24-11-5-2-6-12-24/h1-13,20,26H,14-19,21H2,(H2,30,32). The Morgan fingerprint density at radius 2 is 1.55 bits per heavy atom. The summed E-state index contributed by atoms with van der Waals surface area (Å²) in [5.74, 6) is -0.306. The van der Waals surface area contributed by atoms with E-state index in [1.54, 1.807) is 0 Å². The van der Waals surface area contributed by atoms with Gasteiger partial charge >= 0.3 is 0 Å². The summed E-state index contributed by atoms with van der Waals surface area (Å²) in [6.45, 7) is 3.27. The van der Waals surface area contributed by atoms with E-state index in [-0.39, 0.29) is 12.0 Å². The van der Waals surface area contributed by atoms with E-state index >= 15 is 0 Å². The molecule has 0 saturated carbocycles. The highest BCUT2D eigenvalue weighted by molar-refractivity contribution is 6.30. The quantitative estimate of drug-likeness (QED) is 0.476. The number of hydrogen-bond donors (Lipinski definition) is 1. The highest BCUT2D eigenvalue weighted by Gasteiger charge is 2.40. The summed E-state index contributed by atoms with van der Waals surface area (Å²) < 4.78 is 6.14. The Hall–Kier alpha value is -2.66. The average molecular weight is 463 g/mol. The van der Waals surface area contributed by atoms with Gasteiger partial charge in [0, 0.05) is 18.1 Å². The Morgan fingerprint density at radius 1 is 0.939 bits per heavy atom. The number of halogens is 1. The van der Waals surface area contributed by atoms with E-state index in [9.17, 15) is 4.79 Å². The molecule has 0 aromatic heterocycles. The number of carbonyl (C=O) groups is 1. The number of ether oxygens (including phenoxy) is 1. The predicted octanol–water partition coefficient (Wildman–Crippen LogP) is 5.18. The fourth-order valence-electron chi connectivity index (χ4n) is 4.77. The number of nitrogens with zero attached hydrogens (tertiary/aromatic N) is 1. The van der Waals surface area contributed by atoms with Crippen molar-refractivity contribution >= 4 is 17.5 Å². The number of amides is 1. The minimum absolute atomic E-state index is 0.240. The van der Waals surface area contributed by atoms with Crippen LogP contribution in [0.1, 0.15) is 36.0 Å². The van der Waals surface area contributed by atoms with E-state index in [0.29, 0.717) is 13.0 Å². The molecule has 1 fully saturated rings.